The van der Waals surface area contributed by atoms with E-state index in [4.69, 9.17) is 11.6 Å². The van der Waals surface area contributed by atoms with E-state index in [0.717, 1.165) is 25.8 Å². The Kier molecular flexibility index (Phi) is 3.50. The first kappa shape index (κ1) is 11.9. The average molecular weight is 242 g/mol. The van der Waals surface area contributed by atoms with Gasteiger partial charge in [0.15, 0.2) is 0 Å². The largest absolute Gasteiger partial charge is 0.311 e. The fourth-order valence-corrected chi connectivity index (χ4v) is 2.42. The van der Waals surface area contributed by atoms with Crippen molar-refractivity contribution in [1.82, 2.24) is 5.32 Å². The van der Waals surface area contributed by atoms with Gasteiger partial charge in [-0.15, -0.1) is 0 Å². The van der Waals surface area contributed by atoms with E-state index in [2.05, 4.69) is 5.32 Å². The van der Waals surface area contributed by atoms with Gasteiger partial charge in [-0.3, -0.25) is 0 Å². The third kappa shape index (κ3) is 2.38. The van der Waals surface area contributed by atoms with E-state index < -0.39 is 5.67 Å². The second-order valence-corrected chi connectivity index (χ2v) is 5.02. The molecular weight excluding hydrogens is 225 g/mol. The Balaban J connectivity index is 2.19. The molecule has 1 saturated heterocycles. The van der Waals surface area contributed by atoms with Gasteiger partial charge in [0.05, 0.1) is 0 Å². The topological polar surface area (TPSA) is 12.0 Å². The van der Waals surface area contributed by atoms with E-state index in [9.17, 15) is 4.39 Å². The Bertz CT molecular complexity index is 341. The molecule has 1 nitrogen and oxygen atoms in total. The molecule has 0 spiro atoms. The quantitative estimate of drug-likeness (QED) is 0.833. The lowest BCUT2D eigenvalue weighted by atomic mass is 9.85. The maximum atomic E-state index is 14.7. The molecule has 3 heteroatoms. The lowest BCUT2D eigenvalue weighted by Gasteiger charge is -2.34. The summed E-state index contributed by atoms with van der Waals surface area (Å²) in [7, 11) is 0. The maximum absolute atomic E-state index is 14.7. The molecule has 2 atom stereocenters. The molecule has 0 bridgehead atoms. The summed E-state index contributed by atoms with van der Waals surface area (Å²) in [5, 5.41) is 3.91. The summed E-state index contributed by atoms with van der Waals surface area (Å²) >= 11 is 5.81. The number of hydrogen-bond donors (Lipinski definition) is 1. The van der Waals surface area contributed by atoms with Crippen LogP contribution in [-0.4, -0.2) is 12.6 Å². The van der Waals surface area contributed by atoms with Gasteiger partial charge in [-0.25, -0.2) is 4.39 Å². The lowest BCUT2D eigenvalue weighted by molar-refractivity contribution is 0.107. The number of piperidine rings is 1. The minimum absolute atomic E-state index is 0.0811. The van der Waals surface area contributed by atoms with Crippen molar-refractivity contribution in [3.63, 3.8) is 0 Å². The summed E-state index contributed by atoms with van der Waals surface area (Å²) < 4.78 is 14.7. The third-order valence-corrected chi connectivity index (χ3v) is 3.63. The summed E-state index contributed by atoms with van der Waals surface area (Å²) in [5.74, 6) is 0. The van der Waals surface area contributed by atoms with Gasteiger partial charge in [0.25, 0.3) is 0 Å². The predicted octanol–water partition coefficient (Wildman–Crippen LogP) is 3.67. The normalized spacial score (nSPS) is 25.1. The third-order valence-electron chi connectivity index (χ3n) is 3.37. The van der Waals surface area contributed by atoms with E-state index in [-0.39, 0.29) is 6.04 Å². The van der Waals surface area contributed by atoms with Crippen LogP contribution >= 0.6 is 11.6 Å². The molecule has 1 heterocycles. The van der Waals surface area contributed by atoms with E-state index in [0.29, 0.717) is 10.6 Å². The second-order valence-electron chi connectivity index (χ2n) is 4.58. The van der Waals surface area contributed by atoms with Gasteiger partial charge in [0.2, 0.25) is 0 Å². The zero-order valence-electron chi connectivity index (χ0n) is 9.47. The number of nitrogens with one attached hydrogen (secondary N) is 1. The molecule has 1 fully saturated rings. The predicted molar refractivity (Wildman–Crippen MR) is 65.6 cm³/mol. The van der Waals surface area contributed by atoms with Crippen molar-refractivity contribution in [3.05, 3.63) is 34.9 Å². The molecule has 88 valence electrons. The van der Waals surface area contributed by atoms with Crippen molar-refractivity contribution in [3.8, 4) is 0 Å². The molecule has 0 aromatic heterocycles. The zero-order valence-corrected chi connectivity index (χ0v) is 10.2. The summed E-state index contributed by atoms with van der Waals surface area (Å²) in [4.78, 5) is 0. The molecule has 1 aromatic rings. The first-order valence-electron chi connectivity index (χ1n) is 5.79. The minimum Gasteiger partial charge on any atom is -0.311 e. The number of benzene rings is 1. The first-order valence-corrected chi connectivity index (χ1v) is 6.17. The molecule has 1 N–H and O–H groups in total. The van der Waals surface area contributed by atoms with Crippen LogP contribution in [0.5, 0.6) is 0 Å². The SMILES string of the molecule is CC(F)(c1ccc(Cl)cc1)C1CCCCN1. The van der Waals surface area contributed by atoms with Crippen molar-refractivity contribution in [1.29, 1.82) is 0 Å². The van der Waals surface area contributed by atoms with Gasteiger partial charge >= 0.3 is 0 Å². The highest BCUT2D eigenvalue weighted by molar-refractivity contribution is 6.30. The van der Waals surface area contributed by atoms with Crippen LogP contribution in [0.4, 0.5) is 4.39 Å². The molecular formula is C13H17ClFN. The molecule has 1 aromatic carbocycles. The number of rotatable bonds is 2. The molecule has 1 aliphatic rings. The van der Waals surface area contributed by atoms with Crippen molar-refractivity contribution >= 4 is 11.6 Å². The summed E-state index contributed by atoms with van der Waals surface area (Å²) in [5.41, 5.74) is -0.610. The molecule has 0 saturated carbocycles. The highest BCUT2D eigenvalue weighted by Gasteiger charge is 2.36. The standard InChI is InChI=1S/C13H17ClFN/c1-13(15,12-4-2-3-9-16-12)10-5-7-11(14)8-6-10/h5-8,12,16H,2-4,9H2,1H3. The highest BCUT2D eigenvalue weighted by Crippen LogP contribution is 2.33. The van der Waals surface area contributed by atoms with Gasteiger partial charge < -0.3 is 5.32 Å². The van der Waals surface area contributed by atoms with E-state index in [1.807, 2.05) is 0 Å². The number of hydrogen-bond acceptors (Lipinski definition) is 1. The van der Waals surface area contributed by atoms with Crippen LogP contribution in [0.1, 0.15) is 31.7 Å². The Morgan fingerprint density at radius 1 is 1.31 bits per heavy atom. The summed E-state index contributed by atoms with van der Waals surface area (Å²) in [6, 6.07) is 6.97. The molecule has 0 amide bonds. The van der Waals surface area contributed by atoms with Crippen LogP contribution in [0.2, 0.25) is 5.02 Å². The van der Waals surface area contributed by atoms with Crippen LogP contribution in [-0.2, 0) is 5.67 Å². The van der Waals surface area contributed by atoms with Crippen molar-refractivity contribution < 1.29 is 4.39 Å². The van der Waals surface area contributed by atoms with Gasteiger partial charge in [-0.05, 0) is 44.0 Å². The van der Waals surface area contributed by atoms with Crippen molar-refractivity contribution in [2.24, 2.45) is 0 Å². The Morgan fingerprint density at radius 3 is 2.56 bits per heavy atom. The van der Waals surface area contributed by atoms with Crippen molar-refractivity contribution in [2.45, 2.75) is 37.9 Å². The van der Waals surface area contributed by atoms with Crippen LogP contribution in [0.25, 0.3) is 0 Å². The zero-order chi connectivity index (χ0) is 11.6. The van der Waals surface area contributed by atoms with Gasteiger partial charge in [0, 0.05) is 11.1 Å². The summed E-state index contributed by atoms with van der Waals surface area (Å²) in [6.07, 6.45) is 3.15. The van der Waals surface area contributed by atoms with Gasteiger partial charge in [-0.1, -0.05) is 30.2 Å². The Labute approximate surface area is 101 Å². The number of halogens is 2. The van der Waals surface area contributed by atoms with Crippen LogP contribution in [0.15, 0.2) is 24.3 Å². The van der Waals surface area contributed by atoms with Gasteiger partial charge in [0.1, 0.15) is 5.67 Å². The fourth-order valence-electron chi connectivity index (χ4n) is 2.29. The van der Waals surface area contributed by atoms with Crippen LogP contribution in [0.3, 0.4) is 0 Å². The maximum Gasteiger partial charge on any atom is 0.148 e. The molecule has 2 rings (SSSR count). The van der Waals surface area contributed by atoms with Crippen molar-refractivity contribution in [2.75, 3.05) is 6.54 Å². The Morgan fingerprint density at radius 2 is 2.00 bits per heavy atom. The molecule has 1 aliphatic heterocycles. The smallest absolute Gasteiger partial charge is 0.148 e. The Hall–Kier alpha value is -0.600. The fraction of sp³-hybridized carbons (Fsp3) is 0.538. The minimum atomic E-state index is -1.31. The lowest BCUT2D eigenvalue weighted by Crippen LogP contribution is -2.46. The van der Waals surface area contributed by atoms with E-state index in [1.54, 1.807) is 31.2 Å². The molecule has 2 unspecified atom stereocenters. The van der Waals surface area contributed by atoms with Gasteiger partial charge in [-0.2, -0.15) is 0 Å². The number of alkyl halides is 1. The average Bonchev–Trinajstić information content (AvgIpc) is 2.31. The summed E-state index contributed by atoms with van der Waals surface area (Å²) in [6.45, 7) is 2.57. The first-order chi connectivity index (χ1) is 7.60. The molecule has 16 heavy (non-hydrogen) atoms. The van der Waals surface area contributed by atoms with Crippen LogP contribution < -0.4 is 5.32 Å². The van der Waals surface area contributed by atoms with E-state index in [1.165, 1.54) is 0 Å². The molecule has 0 radical (unpaired) electrons. The highest BCUT2D eigenvalue weighted by atomic mass is 35.5. The second kappa shape index (κ2) is 4.72. The monoisotopic (exact) mass is 241 g/mol. The van der Waals surface area contributed by atoms with E-state index >= 15 is 0 Å². The molecule has 0 aliphatic carbocycles. The van der Waals surface area contributed by atoms with Crippen LogP contribution in [0, 0.1) is 0 Å².